The van der Waals surface area contributed by atoms with Crippen LogP contribution in [0.1, 0.15) is 33.3 Å². The number of hydrogen-bond donors (Lipinski definition) is 2. The molecule has 1 aliphatic heterocycles. The summed E-state index contributed by atoms with van der Waals surface area (Å²) in [6.07, 6.45) is 1.04. The van der Waals surface area contributed by atoms with Gasteiger partial charge in [-0.3, -0.25) is 0 Å². The molecule has 2 aromatic carbocycles. The topological polar surface area (TPSA) is 37.0 Å². The van der Waals surface area contributed by atoms with Crippen LogP contribution in [0.15, 0.2) is 60.0 Å². The Kier molecular flexibility index (Phi) is 4.23. The van der Waals surface area contributed by atoms with Gasteiger partial charge in [0.05, 0.1) is 6.04 Å². The molecular weight excluding hydrogens is 352 g/mol. The first-order chi connectivity index (χ1) is 13.3. The Bertz CT molecular complexity index is 1080. The number of benzene rings is 2. The summed E-state index contributed by atoms with van der Waals surface area (Å²) >= 11 is 1.83. The van der Waals surface area contributed by atoms with Gasteiger partial charge in [-0.2, -0.15) is 0 Å². The van der Waals surface area contributed by atoms with Crippen molar-refractivity contribution in [1.82, 2.24) is 10.3 Å². The normalized spacial score (nSPS) is 16.4. The molecule has 27 heavy (non-hydrogen) atoms. The van der Waals surface area contributed by atoms with E-state index in [0.717, 1.165) is 18.7 Å². The number of hydrogen-bond acceptors (Lipinski definition) is 3. The molecular formula is C23H22N2OS. The molecule has 0 radical (unpaired) electrons. The minimum atomic E-state index is 0.259. The average molecular weight is 375 g/mol. The predicted molar refractivity (Wildman–Crippen MR) is 112 cm³/mol. The average Bonchev–Trinajstić information content (AvgIpc) is 3.30. The molecule has 5 rings (SSSR count). The third-order valence-corrected chi connectivity index (χ3v) is 6.42. The summed E-state index contributed by atoms with van der Waals surface area (Å²) in [7, 11) is 0. The summed E-state index contributed by atoms with van der Waals surface area (Å²) in [6.45, 7) is 3.79. The molecule has 4 heteroatoms. The number of aromatic amines is 1. The molecule has 0 aliphatic carbocycles. The number of ether oxygens (including phenoxy) is 1. The van der Waals surface area contributed by atoms with Crippen molar-refractivity contribution in [3.05, 3.63) is 87.2 Å². The van der Waals surface area contributed by atoms with Gasteiger partial charge in [0, 0.05) is 28.0 Å². The summed E-state index contributed by atoms with van der Waals surface area (Å²) in [5, 5.41) is 7.16. The third-order valence-electron chi connectivity index (χ3n) is 5.33. The molecule has 3 nitrogen and oxygen atoms in total. The highest BCUT2D eigenvalue weighted by Crippen LogP contribution is 2.37. The Hall–Kier alpha value is -2.56. The Balaban J connectivity index is 1.48. The fourth-order valence-corrected chi connectivity index (χ4v) is 4.95. The summed E-state index contributed by atoms with van der Waals surface area (Å²) in [6, 6.07) is 19.2. The van der Waals surface area contributed by atoms with Gasteiger partial charge in [0.15, 0.2) is 0 Å². The molecule has 1 unspecified atom stereocenters. The first kappa shape index (κ1) is 16.6. The van der Waals surface area contributed by atoms with Crippen molar-refractivity contribution in [2.45, 2.75) is 26.0 Å². The Morgan fingerprint density at radius 3 is 2.81 bits per heavy atom. The lowest BCUT2D eigenvalue weighted by molar-refractivity contribution is 0.306. The molecule has 136 valence electrons. The van der Waals surface area contributed by atoms with Crippen LogP contribution in [-0.2, 0) is 13.0 Å². The van der Waals surface area contributed by atoms with Crippen LogP contribution in [0.4, 0.5) is 0 Å². The lowest BCUT2D eigenvalue weighted by atomic mass is 9.97. The highest BCUT2D eigenvalue weighted by atomic mass is 32.1. The number of aryl methyl sites for hydroxylation is 1. The van der Waals surface area contributed by atoms with E-state index in [-0.39, 0.29) is 6.04 Å². The Labute approximate surface area is 163 Å². The van der Waals surface area contributed by atoms with E-state index >= 15 is 0 Å². The lowest BCUT2D eigenvalue weighted by Gasteiger charge is -2.24. The van der Waals surface area contributed by atoms with Crippen LogP contribution in [0, 0.1) is 6.92 Å². The highest BCUT2D eigenvalue weighted by molar-refractivity contribution is 7.10. The summed E-state index contributed by atoms with van der Waals surface area (Å²) in [5.41, 5.74) is 6.46. The van der Waals surface area contributed by atoms with Gasteiger partial charge < -0.3 is 15.0 Å². The second kappa shape index (κ2) is 6.87. The second-order valence-electron chi connectivity index (χ2n) is 7.10. The molecule has 2 aromatic heterocycles. The molecule has 1 aliphatic rings. The van der Waals surface area contributed by atoms with Gasteiger partial charge in [-0.15, -0.1) is 11.3 Å². The molecule has 2 N–H and O–H groups in total. The number of nitrogens with one attached hydrogen (secondary N) is 2. The summed E-state index contributed by atoms with van der Waals surface area (Å²) in [4.78, 5) is 5.08. The minimum absolute atomic E-state index is 0.259. The first-order valence-corrected chi connectivity index (χ1v) is 10.3. The van der Waals surface area contributed by atoms with Crippen molar-refractivity contribution in [3.8, 4) is 5.75 Å². The van der Waals surface area contributed by atoms with Crippen LogP contribution in [0.5, 0.6) is 5.75 Å². The largest absolute Gasteiger partial charge is 0.489 e. The number of rotatable bonds is 4. The van der Waals surface area contributed by atoms with Gasteiger partial charge in [0.2, 0.25) is 0 Å². The van der Waals surface area contributed by atoms with Gasteiger partial charge >= 0.3 is 0 Å². The molecule has 0 bridgehead atoms. The summed E-state index contributed by atoms with van der Waals surface area (Å²) in [5.74, 6) is 0.926. The van der Waals surface area contributed by atoms with Crippen LogP contribution in [0.2, 0.25) is 0 Å². The van der Waals surface area contributed by atoms with E-state index in [0.29, 0.717) is 6.61 Å². The second-order valence-corrected chi connectivity index (χ2v) is 8.05. The van der Waals surface area contributed by atoms with Crippen LogP contribution in [0.3, 0.4) is 0 Å². The maximum Gasteiger partial charge on any atom is 0.120 e. The van der Waals surface area contributed by atoms with Crippen molar-refractivity contribution in [1.29, 1.82) is 0 Å². The van der Waals surface area contributed by atoms with E-state index in [1.807, 2.05) is 29.5 Å². The van der Waals surface area contributed by atoms with E-state index in [4.69, 9.17) is 4.74 Å². The van der Waals surface area contributed by atoms with Crippen LogP contribution in [-0.4, -0.2) is 11.5 Å². The molecule has 4 aromatic rings. The number of H-pyrrole nitrogens is 1. The number of aromatic nitrogens is 1. The maximum atomic E-state index is 6.05. The van der Waals surface area contributed by atoms with Crippen molar-refractivity contribution < 1.29 is 4.74 Å². The van der Waals surface area contributed by atoms with Crippen LogP contribution in [0.25, 0.3) is 10.9 Å². The van der Waals surface area contributed by atoms with E-state index in [9.17, 15) is 0 Å². The predicted octanol–water partition coefficient (Wildman–Crippen LogP) is 5.35. The molecule has 1 atom stereocenters. The van der Waals surface area contributed by atoms with Gasteiger partial charge in [0.25, 0.3) is 0 Å². The quantitative estimate of drug-likeness (QED) is 0.505. The van der Waals surface area contributed by atoms with Gasteiger partial charge in [-0.05, 0) is 59.7 Å². The van der Waals surface area contributed by atoms with Crippen LogP contribution >= 0.6 is 11.3 Å². The zero-order valence-corrected chi connectivity index (χ0v) is 16.1. The number of fused-ring (bicyclic) bond motifs is 3. The van der Waals surface area contributed by atoms with Crippen molar-refractivity contribution in [2.75, 3.05) is 6.54 Å². The molecule has 3 heterocycles. The maximum absolute atomic E-state index is 6.05. The summed E-state index contributed by atoms with van der Waals surface area (Å²) < 4.78 is 6.05. The molecule has 0 fully saturated rings. The molecule has 0 saturated heterocycles. The third kappa shape index (κ3) is 3.05. The van der Waals surface area contributed by atoms with Crippen molar-refractivity contribution in [3.63, 3.8) is 0 Å². The van der Waals surface area contributed by atoms with E-state index < -0.39 is 0 Å². The van der Waals surface area contributed by atoms with Crippen molar-refractivity contribution >= 4 is 22.2 Å². The Morgan fingerprint density at radius 1 is 1.11 bits per heavy atom. The molecule has 0 spiro atoms. The minimum Gasteiger partial charge on any atom is -0.489 e. The molecule has 0 amide bonds. The van der Waals surface area contributed by atoms with E-state index in [1.165, 1.54) is 38.2 Å². The smallest absolute Gasteiger partial charge is 0.120 e. The highest BCUT2D eigenvalue weighted by Gasteiger charge is 2.27. The van der Waals surface area contributed by atoms with Gasteiger partial charge in [0.1, 0.15) is 12.4 Å². The molecule has 0 saturated carbocycles. The zero-order valence-electron chi connectivity index (χ0n) is 15.3. The fourth-order valence-electron chi connectivity index (χ4n) is 3.94. The number of thiophene rings is 1. The van der Waals surface area contributed by atoms with Gasteiger partial charge in [-0.1, -0.05) is 30.3 Å². The lowest BCUT2D eigenvalue weighted by Crippen LogP contribution is -2.30. The van der Waals surface area contributed by atoms with Gasteiger partial charge in [-0.25, -0.2) is 0 Å². The standard InChI is InChI=1S/C23H22N2OS/c1-15-10-12-27-23(15)22-21-18(9-11-24-22)19-13-17(7-8-20(19)25-21)26-14-16-5-3-2-4-6-16/h2-8,10,12-13,22,24-25H,9,11,14H2,1H3. The first-order valence-electron chi connectivity index (χ1n) is 9.38. The van der Waals surface area contributed by atoms with E-state index in [1.54, 1.807) is 0 Å². The zero-order chi connectivity index (χ0) is 18.2. The Morgan fingerprint density at radius 2 is 2.00 bits per heavy atom. The SMILES string of the molecule is Cc1ccsc1C1NCCc2c1[nH]c1ccc(OCc3ccccc3)cc21. The van der Waals surface area contributed by atoms with Crippen LogP contribution < -0.4 is 10.1 Å². The fraction of sp³-hybridized carbons (Fsp3) is 0.217. The monoisotopic (exact) mass is 374 g/mol. The van der Waals surface area contributed by atoms with E-state index in [2.05, 4.69) is 59.0 Å². The van der Waals surface area contributed by atoms with Crippen molar-refractivity contribution in [2.24, 2.45) is 0 Å².